The smallest absolute Gasteiger partial charge is 0.265 e. The van der Waals surface area contributed by atoms with Gasteiger partial charge in [0, 0.05) is 11.6 Å². The summed E-state index contributed by atoms with van der Waals surface area (Å²) in [6.45, 7) is -0.141. The largest absolute Gasteiger partial charge is 0.482 e. The van der Waals surface area contributed by atoms with Crippen LogP contribution in [0.5, 0.6) is 5.75 Å². The number of ether oxygens (including phenoxy) is 1. The minimum atomic E-state index is -0.280. The molecule has 0 radical (unpaired) electrons. The van der Waals surface area contributed by atoms with E-state index in [0.717, 1.165) is 25.7 Å². The van der Waals surface area contributed by atoms with Gasteiger partial charge in [0.05, 0.1) is 5.69 Å². The zero-order chi connectivity index (χ0) is 15.5. The number of amides is 2. The van der Waals surface area contributed by atoms with E-state index in [-0.39, 0.29) is 31.0 Å². The fraction of sp³-hybridized carbons (Fsp3) is 0.438. The molecule has 6 heteroatoms. The first-order valence-electron chi connectivity index (χ1n) is 7.49. The van der Waals surface area contributed by atoms with Crippen LogP contribution in [0, 0.1) is 0 Å². The first-order valence-corrected chi connectivity index (χ1v) is 7.49. The molecule has 1 aliphatic carbocycles. The fourth-order valence-corrected chi connectivity index (χ4v) is 2.95. The Morgan fingerprint density at radius 2 is 2.14 bits per heavy atom. The molecule has 0 saturated heterocycles. The maximum absolute atomic E-state index is 12.2. The van der Waals surface area contributed by atoms with Gasteiger partial charge in [-0.1, -0.05) is 12.8 Å². The van der Waals surface area contributed by atoms with Crippen molar-refractivity contribution in [3.05, 3.63) is 23.8 Å². The number of carbonyl (C=O) groups excluding carboxylic acids is 3. The van der Waals surface area contributed by atoms with Gasteiger partial charge in [0.2, 0.25) is 5.91 Å². The molecule has 1 N–H and O–H groups in total. The van der Waals surface area contributed by atoms with E-state index in [9.17, 15) is 14.4 Å². The van der Waals surface area contributed by atoms with Gasteiger partial charge in [-0.25, -0.2) is 0 Å². The Morgan fingerprint density at radius 1 is 1.36 bits per heavy atom. The number of nitrogens with one attached hydrogen (secondary N) is 1. The first-order chi connectivity index (χ1) is 10.7. The molecule has 1 saturated carbocycles. The summed E-state index contributed by atoms with van der Waals surface area (Å²) in [7, 11) is 0. The Hall–Kier alpha value is -2.37. The van der Waals surface area contributed by atoms with Crippen LogP contribution in [-0.4, -0.2) is 37.3 Å². The number of rotatable bonds is 4. The molecule has 6 nitrogen and oxygen atoms in total. The molecule has 1 aliphatic heterocycles. The van der Waals surface area contributed by atoms with Gasteiger partial charge in [0.15, 0.2) is 6.61 Å². The summed E-state index contributed by atoms with van der Waals surface area (Å²) in [6, 6.07) is 5.05. The third-order valence-electron chi connectivity index (χ3n) is 4.08. The SMILES string of the molecule is O=Cc1ccc2c(c1)N(CC(=O)NC1CCCC1)C(=O)CO2. The van der Waals surface area contributed by atoms with Gasteiger partial charge >= 0.3 is 0 Å². The number of hydrogen-bond acceptors (Lipinski definition) is 4. The predicted octanol–water partition coefficient (Wildman–Crippen LogP) is 1.28. The zero-order valence-corrected chi connectivity index (χ0v) is 12.2. The summed E-state index contributed by atoms with van der Waals surface area (Å²) in [6.07, 6.45) is 4.96. The number of benzene rings is 1. The summed E-state index contributed by atoms with van der Waals surface area (Å²) in [5, 5.41) is 2.96. The highest BCUT2D eigenvalue weighted by Crippen LogP contribution is 2.32. The van der Waals surface area contributed by atoms with Crippen LogP contribution < -0.4 is 15.0 Å². The topological polar surface area (TPSA) is 75.7 Å². The van der Waals surface area contributed by atoms with Crippen LogP contribution in [0.1, 0.15) is 36.0 Å². The summed E-state index contributed by atoms with van der Waals surface area (Å²) in [5.74, 6) is 0.0561. The van der Waals surface area contributed by atoms with Crippen LogP contribution in [0.4, 0.5) is 5.69 Å². The van der Waals surface area contributed by atoms with Crippen LogP contribution in [0.3, 0.4) is 0 Å². The van der Waals surface area contributed by atoms with E-state index in [4.69, 9.17) is 4.74 Å². The Kier molecular flexibility index (Phi) is 4.09. The molecule has 0 bridgehead atoms. The molecule has 2 aliphatic rings. The van der Waals surface area contributed by atoms with Gasteiger partial charge in [-0.3, -0.25) is 19.3 Å². The molecule has 0 unspecified atom stereocenters. The van der Waals surface area contributed by atoms with Gasteiger partial charge in [-0.2, -0.15) is 0 Å². The van der Waals surface area contributed by atoms with Gasteiger partial charge in [0.1, 0.15) is 18.6 Å². The predicted molar refractivity (Wildman–Crippen MR) is 80.1 cm³/mol. The standard InChI is InChI=1S/C16H18N2O4/c19-9-11-5-6-14-13(7-11)18(16(21)10-22-14)8-15(20)17-12-3-1-2-4-12/h5-7,9,12H,1-4,8,10H2,(H,17,20). The highest BCUT2D eigenvalue weighted by Gasteiger charge is 2.28. The molecule has 0 atom stereocenters. The zero-order valence-electron chi connectivity index (χ0n) is 12.2. The number of fused-ring (bicyclic) bond motifs is 1. The molecule has 3 rings (SSSR count). The molecule has 22 heavy (non-hydrogen) atoms. The Morgan fingerprint density at radius 3 is 2.86 bits per heavy atom. The van der Waals surface area contributed by atoms with Crippen LogP contribution in [0.15, 0.2) is 18.2 Å². The Balaban J connectivity index is 1.76. The first kappa shape index (κ1) is 14.6. The highest BCUT2D eigenvalue weighted by atomic mass is 16.5. The van der Waals surface area contributed by atoms with Crippen molar-refractivity contribution in [3.63, 3.8) is 0 Å². The molecule has 0 aromatic heterocycles. The van der Waals surface area contributed by atoms with Gasteiger partial charge in [-0.05, 0) is 31.0 Å². The number of aldehydes is 1. The number of carbonyl (C=O) groups is 3. The van der Waals surface area contributed by atoms with Crippen molar-refractivity contribution in [2.75, 3.05) is 18.1 Å². The molecule has 1 aromatic carbocycles. The molecule has 1 heterocycles. The lowest BCUT2D eigenvalue weighted by molar-refractivity contribution is -0.125. The molecule has 116 valence electrons. The lowest BCUT2D eigenvalue weighted by Crippen LogP contribution is -2.46. The van der Waals surface area contributed by atoms with E-state index in [2.05, 4.69) is 5.32 Å². The summed E-state index contributed by atoms with van der Waals surface area (Å²) in [4.78, 5) is 36.5. The molecular weight excluding hydrogens is 284 g/mol. The van der Waals surface area contributed by atoms with Gasteiger partial charge < -0.3 is 10.1 Å². The van der Waals surface area contributed by atoms with Crippen molar-refractivity contribution in [2.24, 2.45) is 0 Å². The van der Waals surface area contributed by atoms with Crippen molar-refractivity contribution in [1.29, 1.82) is 0 Å². The molecule has 0 spiro atoms. The Bertz CT molecular complexity index is 608. The number of anilines is 1. The summed E-state index contributed by atoms with van der Waals surface area (Å²) >= 11 is 0. The second-order valence-corrected chi connectivity index (χ2v) is 5.66. The van der Waals surface area contributed by atoms with Gasteiger partial charge in [0.25, 0.3) is 5.91 Å². The highest BCUT2D eigenvalue weighted by molar-refractivity contribution is 6.02. The van der Waals surface area contributed by atoms with Gasteiger partial charge in [-0.15, -0.1) is 0 Å². The number of nitrogens with zero attached hydrogens (tertiary/aromatic N) is 1. The fourth-order valence-electron chi connectivity index (χ4n) is 2.95. The maximum atomic E-state index is 12.2. The third kappa shape index (κ3) is 2.95. The van der Waals surface area contributed by atoms with Crippen LogP contribution in [0.25, 0.3) is 0 Å². The summed E-state index contributed by atoms with van der Waals surface area (Å²) in [5.41, 5.74) is 0.917. The quantitative estimate of drug-likeness (QED) is 0.850. The van der Waals surface area contributed by atoms with Crippen LogP contribution in [0.2, 0.25) is 0 Å². The Labute approximate surface area is 128 Å². The van der Waals surface area contributed by atoms with E-state index >= 15 is 0 Å². The van der Waals surface area contributed by atoms with E-state index < -0.39 is 0 Å². The van der Waals surface area contributed by atoms with Crippen molar-refractivity contribution < 1.29 is 19.1 Å². The number of hydrogen-bond donors (Lipinski definition) is 1. The molecule has 2 amide bonds. The van der Waals surface area contributed by atoms with Crippen molar-refractivity contribution >= 4 is 23.8 Å². The minimum Gasteiger partial charge on any atom is -0.482 e. The van der Waals surface area contributed by atoms with Crippen LogP contribution in [-0.2, 0) is 9.59 Å². The maximum Gasteiger partial charge on any atom is 0.265 e. The van der Waals surface area contributed by atoms with Crippen molar-refractivity contribution in [2.45, 2.75) is 31.7 Å². The average Bonchev–Trinajstić information content (AvgIpc) is 3.02. The van der Waals surface area contributed by atoms with E-state index in [1.807, 2.05) is 0 Å². The summed E-state index contributed by atoms with van der Waals surface area (Å²) < 4.78 is 5.34. The monoisotopic (exact) mass is 302 g/mol. The van der Waals surface area contributed by atoms with E-state index in [1.165, 1.54) is 4.90 Å². The van der Waals surface area contributed by atoms with Crippen LogP contribution >= 0.6 is 0 Å². The second-order valence-electron chi connectivity index (χ2n) is 5.66. The minimum absolute atomic E-state index is 0.0476. The second kappa shape index (κ2) is 6.17. The molecule has 1 aromatic rings. The third-order valence-corrected chi connectivity index (χ3v) is 4.08. The molecular formula is C16H18N2O4. The average molecular weight is 302 g/mol. The van der Waals surface area contributed by atoms with Crippen molar-refractivity contribution in [3.8, 4) is 5.75 Å². The normalized spacial score (nSPS) is 17.8. The van der Waals surface area contributed by atoms with E-state index in [0.29, 0.717) is 23.3 Å². The lowest BCUT2D eigenvalue weighted by Gasteiger charge is -2.29. The van der Waals surface area contributed by atoms with E-state index in [1.54, 1.807) is 18.2 Å². The lowest BCUT2D eigenvalue weighted by atomic mass is 10.1. The molecule has 1 fully saturated rings. The van der Waals surface area contributed by atoms with Crippen molar-refractivity contribution in [1.82, 2.24) is 5.32 Å².